The molecule has 0 radical (unpaired) electrons. The Labute approximate surface area is 91.9 Å². The van der Waals surface area contributed by atoms with Gasteiger partial charge in [0.1, 0.15) is 5.03 Å². The molecule has 1 heterocycles. The van der Waals surface area contributed by atoms with Gasteiger partial charge in [0.25, 0.3) is 0 Å². The van der Waals surface area contributed by atoms with Gasteiger partial charge in [-0.15, -0.1) is 11.8 Å². The van der Waals surface area contributed by atoms with Crippen LogP contribution < -0.4 is 0 Å². The second kappa shape index (κ2) is 5.62. The van der Waals surface area contributed by atoms with Gasteiger partial charge in [-0.05, 0) is 42.2 Å². The predicted octanol–water partition coefficient (Wildman–Crippen LogP) is 2.50. The molecule has 0 aliphatic heterocycles. The Morgan fingerprint density at radius 1 is 1.54 bits per heavy atom. The van der Waals surface area contributed by atoms with E-state index in [1.165, 1.54) is 0 Å². The lowest BCUT2D eigenvalue weighted by molar-refractivity contribution is 0.437. The molecule has 0 bridgehead atoms. The fraction of sp³-hybridized carbons (Fsp3) is 0.444. The van der Waals surface area contributed by atoms with Crippen LogP contribution in [0.25, 0.3) is 0 Å². The monoisotopic (exact) mass is 260 g/mol. The molecule has 0 fully saturated rings. The van der Waals surface area contributed by atoms with Crippen molar-refractivity contribution >= 4 is 27.7 Å². The molecule has 0 saturated heterocycles. The summed E-state index contributed by atoms with van der Waals surface area (Å²) < 4.78 is 1.08. The molecule has 0 amide bonds. The Morgan fingerprint density at radius 2 is 2.31 bits per heavy atom. The molecule has 1 aromatic heterocycles. The zero-order chi connectivity index (χ0) is 9.68. The maximum atomic E-state index is 4.27. The van der Waals surface area contributed by atoms with Gasteiger partial charge in [0.05, 0.1) is 0 Å². The molecule has 0 aromatic carbocycles. The second-order valence-corrected chi connectivity index (χ2v) is 4.88. The van der Waals surface area contributed by atoms with E-state index in [0.717, 1.165) is 21.8 Å². The number of hydrogen-bond acceptors (Lipinski definition) is 3. The lowest BCUT2D eigenvalue weighted by Crippen LogP contribution is -2.14. The molecule has 1 aromatic rings. The molecule has 72 valence electrons. The second-order valence-electron chi connectivity index (χ2n) is 2.94. The molecular weight excluding hydrogens is 248 g/mol. The lowest BCUT2D eigenvalue weighted by Gasteiger charge is -2.08. The van der Waals surface area contributed by atoms with Crippen LogP contribution in [0.3, 0.4) is 0 Å². The SMILES string of the molecule is CN(C)CCSc1ncccc1Br. The summed E-state index contributed by atoms with van der Waals surface area (Å²) >= 11 is 5.24. The van der Waals surface area contributed by atoms with Gasteiger partial charge in [-0.2, -0.15) is 0 Å². The highest BCUT2D eigenvalue weighted by atomic mass is 79.9. The summed E-state index contributed by atoms with van der Waals surface area (Å²) in [6, 6.07) is 3.95. The summed E-state index contributed by atoms with van der Waals surface area (Å²) in [4.78, 5) is 6.44. The number of hydrogen-bond donors (Lipinski definition) is 0. The molecule has 0 unspecified atom stereocenters. The van der Waals surface area contributed by atoms with E-state index in [4.69, 9.17) is 0 Å². The molecule has 0 saturated carbocycles. The highest BCUT2D eigenvalue weighted by molar-refractivity contribution is 9.10. The van der Waals surface area contributed by atoms with Crippen molar-refractivity contribution in [1.82, 2.24) is 9.88 Å². The first-order valence-corrected chi connectivity index (χ1v) is 5.86. The molecule has 0 aliphatic rings. The molecule has 0 N–H and O–H groups in total. The molecule has 4 heteroatoms. The van der Waals surface area contributed by atoms with E-state index in [9.17, 15) is 0 Å². The van der Waals surface area contributed by atoms with E-state index < -0.39 is 0 Å². The molecule has 0 spiro atoms. The van der Waals surface area contributed by atoms with Gasteiger partial charge in [0, 0.05) is 23.0 Å². The van der Waals surface area contributed by atoms with Gasteiger partial charge >= 0.3 is 0 Å². The fourth-order valence-corrected chi connectivity index (χ4v) is 2.39. The molecule has 13 heavy (non-hydrogen) atoms. The van der Waals surface area contributed by atoms with Crippen molar-refractivity contribution in [2.75, 3.05) is 26.4 Å². The minimum Gasteiger partial charge on any atom is -0.309 e. The third-order valence-electron chi connectivity index (χ3n) is 1.50. The zero-order valence-electron chi connectivity index (χ0n) is 7.83. The zero-order valence-corrected chi connectivity index (χ0v) is 10.2. The maximum absolute atomic E-state index is 4.27. The van der Waals surface area contributed by atoms with Crippen molar-refractivity contribution in [1.29, 1.82) is 0 Å². The number of rotatable bonds is 4. The van der Waals surface area contributed by atoms with Crippen molar-refractivity contribution < 1.29 is 0 Å². The van der Waals surface area contributed by atoms with Gasteiger partial charge in [0.15, 0.2) is 0 Å². The van der Waals surface area contributed by atoms with Crippen LogP contribution >= 0.6 is 27.7 Å². The Morgan fingerprint density at radius 3 is 2.92 bits per heavy atom. The normalized spacial score (nSPS) is 10.8. The van der Waals surface area contributed by atoms with Crippen molar-refractivity contribution in [2.24, 2.45) is 0 Å². The van der Waals surface area contributed by atoms with Gasteiger partial charge in [-0.25, -0.2) is 4.98 Å². The molecule has 2 nitrogen and oxygen atoms in total. The number of nitrogens with zero attached hydrogens (tertiary/aromatic N) is 2. The number of thioether (sulfide) groups is 1. The van der Waals surface area contributed by atoms with Crippen LogP contribution in [0.4, 0.5) is 0 Å². The highest BCUT2D eigenvalue weighted by Gasteiger charge is 2.00. The summed E-state index contributed by atoms with van der Waals surface area (Å²) in [6.07, 6.45) is 1.82. The average molecular weight is 261 g/mol. The predicted molar refractivity (Wildman–Crippen MR) is 61.2 cm³/mol. The van der Waals surface area contributed by atoms with Crippen LogP contribution in [-0.2, 0) is 0 Å². The van der Waals surface area contributed by atoms with Crippen molar-refractivity contribution in [2.45, 2.75) is 5.03 Å². The van der Waals surface area contributed by atoms with Crippen LogP contribution in [0.15, 0.2) is 27.8 Å². The molecule has 0 atom stereocenters. The Bertz CT molecular complexity index is 266. The van der Waals surface area contributed by atoms with Gasteiger partial charge in [-0.1, -0.05) is 0 Å². The largest absolute Gasteiger partial charge is 0.309 e. The van der Waals surface area contributed by atoms with Crippen molar-refractivity contribution in [3.8, 4) is 0 Å². The van der Waals surface area contributed by atoms with Crippen LogP contribution in [-0.4, -0.2) is 36.3 Å². The summed E-state index contributed by atoms with van der Waals surface area (Å²) in [6.45, 7) is 1.08. The van der Waals surface area contributed by atoms with E-state index in [1.54, 1.807) is 11.8 Å². The average Bonchev–Trinajstić information content (AvgIpc) is 2.08. The van der Waals surface area contributed by atoms with Crippen LogP contribution in [0.5, 0.6) is 0 Å². The third-order valence-corrected chi connectivity index (χ3v) is 3.39. The topological polar surface area (TPSA) is 16.1 Å². The maximum Gasteiger partial charge on any atom is 0.110 e. The molecule has 0 aliphatic carbocycles. The number of pyridine rings is 1. The van der Waals surface area contributed by atoms with E-state index >= 15 is 0 Å². The van der Waals surface area contributed by atoms with Crippen LogP contribution in [0.2, 0.25) is 0 Å². The van der Waals surface area contributed by atoms with E-state index in [-0.39, 0.29) is 0 Å². The summed E-state index contributed by atoms with van der Waals surface area (Å²) in [5.41, 5.74) is 0. The molecule has 1 rings (SSSR count). The summed E-state index contributed by atoms with van der Waals surface area (Å²) in [5.74, 6) is 1.07. The number of halogens is 1. The number of aromatic nitrogens is 1. The highest BCUT2D eigenvalue weighted by Crippen LogP contribution is 2.24. The van der Waals surface area contributed by atoms with E-state index in [1.807, 2.05) is 18.3 Å². The van der Waals surface area contributed by atoms with Crippen molar-refractivity contribution in [3.05, 3.63) is 22.8 Å². The summed E-state index contributed by atoms with van der Waals surface area (Å²) in [5, 5.41) is 1.07. The third kappa shape index (κ3) is 4.11. The Balaban J connectivity index is 2.41. The first-order chi connectivity index (χ1) is 6.20. The minimum atomic E-state index is 1.07. The standard InChI is InChI=1S/C9H13BrN2S/c1-12(2)6-7-13-9-8(10)4-3-5-11-9/h3-5H,6-7H2,1-2H3. The summed E-state index contributed by atoms with van der Waals surface area (Å²) in [7, 11) is 4.15. The van der Waals surface area contributed by atoms with Crippen molar-refractivity contribution in [3.63, 3.8) is 0 Å². The van der Waals surface area contributed by atoms with E-state index in [0.29, 0.717) is 0 Å². The van der Waals surface area contributed by atoms with Crippen LogP contribution in [0.1, 0.15) is 0 Å². The quantitative estimate of drug-likeness (QED) is 0.775. The first kappa shape index (κ1) is 11.0. The molecular formula is C9H13BrN2S. The first-order valence-electron chi connectivity index (χ1n) is 4.08. The fourth-order valence-electron chi connectivity index (χ4n) is 0.802. The van der Waals surface area contributed by atoms with Crippen LogP contribution in [0, 0.1) is 0 Å². The van der Waals surface area contributed by atoms with Gasteiger partial charge in [0.2, 0.25) is 0 Å². The Hall–Kier alpha value is -0.0600. The smallest absolute Gasteiger partial charge is 0.110 e. The van der Waals surface area contributed by atoms with Gasteiger partial charge in [-0.3, -0.25) is 0 Å². The van der Waals surface area contributed by atoms with E-state index in [2.05, 4.69) is 39.9 Å². The lowest BCUT2D eigenvalue weighted by atomic mass is 10.5. The Kier molecular flexibility index (Phi) is 4.77. The minimum absolute atomic E-state index is 1.07. The van der Waals surface area contributed by atoms with Gasteiger partial charge < -0.3 is 4.90 Å².